The van der Waals surface area contributed by atoms with Crippen molar-refractivity contribution in [1.82, 2.24) is 10.2 Å². The van der Waals surface area contributed by atoms with Crippen LogP contribution in [0.25, 0.3) is 0 Å². The number of piperazine rings is 1. The number of furan rings is 1. The van der Waals surface area contributed by atoms with E-state index >= 15 is 0 Å². The molecule has 0 unspecified atom stereocenters. The van der Waals surface area contributed by atoms with E-state index in [4.69, 9.17) is 28.2 Å². The van der Waals surface area contributed by atoms with Gasteiger partial charge in [0.15, 0.2) is 10.9 Å². The van der Waals surface area contributed by atoms with Crippen LogP contribution in [0.2, 0.25) is 5.02 Å². The van der Waals surface area contributed by atoms with Gasteiger partial charge in [-0.05, 0) is 68.0 Å². The van der Waals surface area contributed by atoms with E-state index in [1.54, 1.807) is 29.2 Å². The molecule has 1 aromatic heterocycles. The van der Waals surface area contributed by atoms with Crippen LogP contribution in [0.5, 0.6) is 0 Å². The summed E-state index contributed by atoms with van der Waals surface area (Å²) in [6, 6.07) is 14.6. The summed E-state index contributed by atoms with van der Waals surface area (Å²) in [4.78, 5) is 28.9. The first kappa shape index (κ1) is 23.8. The van der Waals surface area contributed by atoms with Crippen molar-refractivity contribution in [3.63, 3.8) is 0 Å². The third kappa shape index (κ3) is 5.40. The summed E-state index contributed by atoms with van der Waals surface area (Å²) in [6.45, 7) is 6.33. The zero-order valence-corrected chi connectivity index (χ0v) is 20.5. The topological polar surface area (TPSA) is 77.8 Å². The van der Waals surface area contributed by atoms with Gasteiger partial charge < -0.3 is 19.5 Å². The highest BCUT2D eigenvalue weighted by atomic mass is 35.5. The largest absolute Gasteiger partial charge is 0.459 e. The molecule has 176 valence electrons. The first-order chi connectivity index (χ1) is 16.3. The summed E-state index contributed by atoms with van der Waals surface area (Å²) in [6.07, 6.45) is 1.50. The number of aryl methyl sites for hydroxylation is 2. The van der Waals surface area contributed by atoms with E-state index < -0.39 is 0 Å². The number of thiocarbonyl (C=S) groups is 1. The lowest BCUT2D eigenvalue weighted by Crippen LogP contribution is -2.48. The Labute approximate surface area is 208 Å². The van der Waals surface area contributed by atoms with Gasteiger partial charge in [0.05, 0.1) is 17.0 Å². The molecule has 3 aromatic rings. The third-order valence-corrected chi connectivity index (χ3v) is 6.21. The Morgan fingerprint density at radius 3 is 2.44 bits per heavy atom. The second-order valence-corrected chi connectivity index (χ2v) is 8.96. The minimum Gasteiger partial charge on any atom is -0.459 e. The molecule has 7 nitrogen and oxygen atoms in total. The standard InChI is InChI=1S/C25H25ClN4O3S/c1-16-5-7-19(17(2)14-16)23(31)28-25(34)27-18-6-8-21(20(26)15-18)29-9-11-30(12-10-29)24(32)22-4-3-13-33-22/h3-8,13-15H,9-12H2,1-2H3,(H2,27,28,31,34). The van der Waals surface area contributed by atoms with E-state index in [-0.39, 0.29) is 16.9 Å². The van der Waals surface area contributed by atoms with E-state index in [1.807, 2.05) is 38.1 Å². The molecule has 1 saturated heterocycles. The molecular formula is C25H25ClN4O3S. The zero-order chi connectivity index (χ0) is 24.2. The van der Waals surface area contributed by atoms with Crippen LogP contribution in [0.15, 0.2) is 59.2 Å². The van der Waals surface area contributed by atoms with Gasteiger partial charge >= 0.3 is 0 Å². The number of carbonyl (C=O) groups is 2. The summed E-state index contributed by atoms with van der Waals surface area (Å²) in [7, 11) is 0. The number of hydrogen-bond acceptors (Lipinski definition) is 5. The lowest BCUT2D eigenvalue weighted by atomic mass is 10.1. The van der Waals surface area contributed by atoms with E-state index in [2.05, 4.69) is 15.5 Å². The maximum atomic E-state index is 12.5. The monoisotopic (exact) mass is 496 g/mol. The number of nitrogens with zero attached hydrogens (tertiary/aromatic N) is 2. The van der Waals surface area contributed by atoms with Crippen molar-refractivity contribution >= 4 is 52.1 Å². The number of nitrogens with one attached hydrogen (secondary N) is 2. The summed E-state index contributed by atoms with van der Waals surface area (Å²) in [5.74, 6) is -0.0196. The van der Waals surface area contributed by atoms with Crippen LogP contribution in [-0.4, -0.2) is 48.0 Å². The molecule has 0 radical (unpaired) electrons. The number of amides is 2. The van der Waals surface area contributed by atoms with Gasteiger partial charge in [-0.25, -0.2) is 0 Å². The Kier molecular flexibility index (Phi) is 7.19. The molecule has 0 atom stereocenters. The van der Waals surface area contributed by atoms with Crippen LogP contribution in [0.4, 0.5) is 11.4 Å². The van der Waals surface area contributed by atoms with Crippen molar-refractivity contribution in [3.05, 3.63) is 82.3 Å². The molecule has 2 N–H and O–H groups in total. The fourth-order valence-corrected chi connectivity index (χ4v) is 4.46. The van der Waals surface area contributed by atoms with Gasteiger partial charge in [-0.1, -0.05) is 29.3 Å². The van der Waals surface area contributed by atoms with Crippen molar-refractivity contribution in [2.75, 3.05) is 36.4 Å². The van der Waals surface area contributed by atoms with E-state index in [9.17, 15) is 9.59 Å². The molecule has 2 heterocycles. The summed E-state index contributed by atoms with van der Waals surface area (Å²) in [5, 5.41) is 6.48. The molecule has 9 heteroatoms. The highest BCUT2D eigenvalue weighted by molar-refractivity contribution is 7.80. The first-order valence-corrected chi connectivity index (χ1v) is 11.7. The predicted molar refractivity (Wildman–Crippen MR) is 138 cm³/mol. The maximum Gasteiger partial charge on any atom is 0.289 e. The fraction of sp³-hybridized carbons (Fsp3) is 0.240. The Morgan fingerprint density at radius 1 is 1.03 bits per heavy atom. The normalized spacial score (nSPS) is 13.5. The van der Waals surface area contributed by atoms with Crippen molar-refractivity contribution in [2.45, 2.75) is 13.8 Å². The average molecular weight is 497 g/mol. The highest BCUT2D eigenvalue weighted by Gasteiger charge is 2.24. The van der Waals surface area contributed by atoms with Crippen LogP contribution in [0.3, 0.4) is 0 Å². The number of benzene rings is 2. The lowest BCUT2D eigenvalue weighted by Gasteiger charge is -2.36. The van der Waals surface area contributed by atoms with Gasteiger partial charge in [0.25, 0.3) is 11.8 Å². The highest BCUT2D eigenvalue weighted by Crippen LogP contribution is 2.30. The zero-order valence-electron chi connectivity index (χ0n) is 18.9. The molecule has 2 amide bonds. The number of carbonyl (C=O) groups excluding carboxylic acids is 2. The van der Waals surface area contributed by atoms with Crippen LogP contribution < -0.4 is 15.5 Å². The Balaban J connectivity index is 1.33. The van der Waals surface area contributed by atoms with E-state index in [0.29, 0.717) is 48.2 Å². The molecule has 0 aliphatic carbocycles. The summed E-state index contributed by atoms with van der Waals surface area (Å²) < 4.78 is 5.21. The van der Waals surface area contributed by atoms with Gasteiger partial charge in [-0.3, -0.25) is 14.9 Å². The number of rotatable bonds is 4. The lowest BCUT2D eigenvalue weighted by molar-refractivity contribution is 0.0714. The molecular weight excluding hydrogens is 472 g/mol. The molecule has 1 fully saturated rings. The fourth-order valence-electron chi connectivity index (χ4n) is 3.95. The Bertz CT molecular complexity index is 1220. The molecule has 1 aliphatic heterocycles. The second kappa shape index (κ2) is 10.3. The Morgan fingerprint density at radius 2 is 1.79 bits per heavy atom. The van der Waals surface area contributed by atoms with Gasteiger partial charge in [0.1, 0.15) is 0 Å². The third-order valence-electron chi connectivity index (χ3n) is 5.70. The number of hydrogen-bond donors (Lipinski definition) is 2. The molecule has 0 bridgehead atoms. The second-order valence-electron chi connectivity index (χ2n) is 8.15. The van der Waals surface area contributed by atoms with Crippen molar-refractivity contribution in [1.29, 1.82) is 0 Å². The first-order valence-electron chi connectivity index (χ1n) is 10.9. The molecule has 0 saturated carbocycles. The quantitative estimate of drug-likeness (QED) is 0.512. The summed E-state index contributed by atoms with van der Waals surface area (Å²) in [5.41, 5.74) is 4.11. The Hall–Kier alpha value is -3.36. The van der Waals surface area contributed by atoms with E-state index in [1.165, 1.54) is 6.26 Å². The SMILES string of the molecule is Cc1ccc(C(=O)NC(=S)Nc2ccc(N3CCN(C(=O)c4ccco4)CC3)c(Cl)c2)c(C)c1. The average Bonchev–Trinajstić information content (AvgIpc) is 3.34. The molecule has 1 aliphatic rings. The van der Waals surface area contributed by atoms with Crippen LogP contribution in [0.1, 0.15) is 32.0 Å². The molecule has 4 rings (SSSR count). The van der Waals surface area contributed by atoms with E-state index in [0.717, 1.165) is 16.8 Å². The predicted octanol–water partition coefficient (Wildman–Crippen LogP) is 4.64. The van der Waals surface area contributed by atoms with Gasteiger partial charge in [0, 0.05) is 37.4 Å². The summed E-state index contributed by atoms with van der Waals surface area (Å²) >= 11 is 11.9. The number of anilines is 2. The van der Waals surface area contributed by atoms with Crippen molar-refractivity contribution < 1.29 is 14.0 Å². The van der Waals surface area contributed by atoms with Crippen LogP contribution >= 0.6 is 23.8 Å². The van der Waals surface area contributed by atoms with Crippen molar-refractivity contribution in [3.8, 4) is 0 Å². The smallest absolute Gasteiger partial charge is 0.289 e. The maximum absolute atomic E-state index is 12.5. The molecule has 34 heavy (non-hydrogen) atoms. The van der Waals surface area contributed by atoms with Gasteiger partial charge in [0.2, 0.25) is 0 Å². The minimum atomic E-state index is -0.264. The minimum absolute atomic E-state index is 0.105. The van der Waals surface area contributed by atoms with Gasteiger partial charge in [-0.15, -0.1) is 0 Å². The molecule has 0 spiro atoms. The van der Waals surface area contributed by atoms with Crippen LogP contribution in [-0.2, 0) is 0 Å². The van der Waals surface area contributed by atoms with Crippen LogP contribution in [0, 0.1) is 13.8 Å². The van der Waals surface area contributed by atoms with Gasteiger partial charge in [-0.2, -0.15) is 0 Å². The number of halogens is 1. The molecule has 2 aromatic carbocycles. The van der Waals surface area contributed by atoms with Crippen molar-refractivity contribution in [2.24, 2.45) is 0 Å².